The zero-order chi connectivity index (χ0) is 29.7. The molecule has 3 amide bonds. The molecule has 3 N–H and O–H groups in total. The number of carbonyl (C=O) groups excluding carboxylic acids is 3. The number of hydrogen-bond acceptors (Lipinski definition) is 7. The fourth-order valence-electron chi connectivity index (χ4n) is 4.94. The van der Waals surface area contributed by atoms with Crippen molar-refractivity contribution in [2.24, 2.45) is 5.73 Å². The number of nitrogens with one attached hydrogen (secondary N) is 1. The molecule has 2 atom stereocenters. The summed E-state index contributed by atoms with van der Waals surface area (Å²) in [5, 5.41) is 2.76. The number of piperidine rings is 1. The normalized spacial score (nSPS) is 16.4. The van der Waals surface area contributed by atoms with Crippen molar-refractivity contribution >= 4 is 29.0 Å². The minimum atomic E-state index is -0.951. The monoisotopic (exact) mass is 566 g/mol. The summed E-state index contributed by atoms with van der Waals surface area (Å²) in [6, 6.07) is 11.4. The molecule has 1 aromatic heterocycles. The molecule has 11 nitrogen and oxygen atoms in total. The van der Waals surface area contributed by atoms with Gasteiger partial charge in [0.15, 0.2) is 5.58 Å². The van der Waals surface area contributed by atoms with E-state index in [1.54, 1.807) is 33.9 Å². The first-order valence-electron chi connectivity index (χ1n) is 13.8. The van der Waals surface area contributed by atoms with Crippen molar-refractivity contribution in [1.82, 2.24) is 14.8 Å². The van der Waals surface area contributed by atoms with Crippen LogP contribution in [-0.2, 0) is 32.0 Å². The fraction of sp³-hybridized carbons (Fsp3) is 0.467. The molecular weight excluding hydrogens is 528 g/mol. The Kier molecular flexibility index (Phi) is 9.17. The number of amides is 3. The Labute approximate surface area is 238 Å². The number of methoxy groups -OCH3 is 1. The van der Waals surface area contributed by atoms with Gasteiger partial charge in [-0.3, -0.25) is 19.1 Å². The molecule has 2 heterocycles. The first kappa shape index (κ1) is 29.9. The van der Waals surface area contributed by atoms with Gasteiger partial charge in [-0.25, -0.2) is 9.59 Å². The van der Waals surface area contributed by atoms with Crippen LogP contribution in [0.2, 0.25) is 0 Å². The fourth-order valence-corrected chi connectivity index (χ4v) is 4.94. The Morgan fingerprint density at radius 1 is 1.10 bits per heavy atom. The van der Waals surface area contributed by atoms with E-state index in [0.29, 0.717) is 37.2 Å². The Balaban J connectivity index is 1.46. The number of hydrogen-bond donors (Lipinski definition) is 2. The number of aromatic nitrogens is 1. The maximum Gasteiger partial charge on any atom is 0.420 e. The van der Waals surface area contributed by atoms with Crippen molar-refractivity contribution in [3.63, 3.8) is 0 Å². The highest BCUT2D eigenvalue weighted by atomic mass is 16.6. The number of rotatable bonds is 9. The lowest BCUT2D eigenvalue weighted by molar-refractivity contribution is -0.131. The lowest BCUT2D eigenvalue weighted by atomic mass is 9.98. The van der Waals surface area contributed by atoms with Gasteiger partial charge < -0.3 is 24.9 Å². The number of benzene rings is 2. The van der Waals surface area contributed by atoms with E-state index in [-0.39, 0.29) is 6.42 Å². The minimum absolute atomic E-state index is 0.192. The quantitative estimate of drug-likeness (QED) is 0.404. The molecule has 1 aliphatic rings. The van der Waals surface area contributed by atoms with E-state index in [9.17, 15) is 19.2 Å². The van der Waals surface area contributed by atoms with Gasteiger partial charge in [0.25, 0.3) is 0 Å². The highest BCUT2D eigenvalue weighted by molar-refractivity contribution is 5.91. The molecule has 0 spiro atoms. The Bertz CT molecular complexity index is 1450. The summed E-state index contributed by atoms with van der Waals surface area (Å²) in [6.07, 6.45) is 1.68. The van der Waals surface area contributed by atoms with Gasteiger partial charge in [0, 0.05) is 20.1 Å². The third kappa shape index (κ3) is 7.35. The Morgan fingerprint density at radius 2 is 1.80 bits per heavy atom. The number of nitrogens with two attached hydrogens (primary N) is 1. The number of fused-ring (bicyclic) bond motifs is 1. The summed E-state index contributed by atoms with van der Waals surface area (Å²) in [5.74, 6) is -1.53. The first-order valence-corrected chi connectivity index (χ1v) is 13.8. The molecule has 0 bridgehead atoms. The van der Waals surface area contributed by atoms with Gasteiger partial charge in [0.2, 0.25) is 11.8 Å². The van der Waals surface area contributed by atoms with Gasteiger partial charge in [-0.05, 0) is 68.9 Å². The van der Waals surface area contributed by atoms with Crippen molar-refractivity contribution in [3.8, 4) is 11.1 Å². The van der Waals surface area contributed by atoms with Gasteiger partial charge in [-0.2, -0.15) is 0 Å². The lowest BCUT2D eigenvalue weighted by Crippen LogP contribution is -2.56. The Hall–Kier alpha value is -4.12. The van der Waals surface area contributed by atoms with Crippen molar-refractivity contribution in [1.29, 1.82) is 0 Å². The highest BCUT2D eigenvalue weighted by Crippen LogP contribution is 2.25. The minimum Gasteiger partial charge on any atom is -0.444 e. The lowest BCUT2D eigenvalue weighted by Gasteiger charge is -2.36. The molecule has 0 radical (unpaired) electrons. The van der Waals surface area contributed by atoms with Crippen LogP contribution in [0, 0.1) is 0 Å². The van der Waals surface area contributed by atoms with Crippen molar-refractivity contribution in [2.45, 2.75) is 70.7 Å². The number of oxazole rings is 1. The molecule has 0 aliphatic carbocycles. The SMILES string of the molecule is COCCn1c(=O)oc2ccc(-c3ccc(CC(NC(=O)C4CCCCN4C(=O)OC(C)(C)C)C(N)=O)cc3)cc21. The summed E-state index contributed by atoms with van der Waals surface area (Å²) in [5.41, 5.74) is 8.72. The number of primary amides is 1. The molecule has 4 rings (SSSR count). The second-order valence-corrected chi connectivity index (χ2v) is 11.2. The molecule has 3 aromatic rings. The molecule has 220 valence electrons. The summed E-state index contributed by atoms with van der Waals surface area (Å²) in [6.45, 7) is 6.48. The van der Waals surface area contributed by atoms with Crippen LogP contribution >= 0.6 is 0 Å². The van der Waals surface area contributed by atoms with Crippen molar-refractivity contribution in [3.05, 3.63) is 58.6 Å². The maximum atomic E-state index is 13.2. The van der Waals surface area contributed by atoms with E-state index in [2.05, 4.69) is 5.32 Å². The van der Waals surface area contributed by atoms with Crippen LogP contribution in [0.5, 0.6) is 0 Å². The van der Waals surface area contributed by atoms with Crippen LogP contribution in [0.15, 0.2) is 51.7 Å². The third-order valence-electron chi connectivity index (χ3n) is 7.01. The molecule has 1 saturated heterocycles. The average Bonchev–Trinajstić information content (AvgIpc) is 3.24. The molecule has 2 unspecified atom stereocenters. The van der Waals surface area contributed by atoms with Crippen molar-refractivity contribution in [2.75, 3.05) is 20.3 Å². The Morgan fingerprint density at radius 3 is 2.46 bits per heavy atom. The largest absolute Gasteiger partial charge is 0.444 e. The number of carbonyl (C=O) groups is 3. The van der Waals surface area contributed by atoms with Crippen LogP contribution in [-0.4, -0.2) is 65.3 Å². The van der Waals surface area contributed by atoms with Gasteiger partial charge in [0.05, 0.1) is 18.7 Å². The molecule has 0 saturated carbocycles. The third-order valence-corrected chi connectivity index (χ3v) is 7.01. The van der Waals surface area contributed by atoms with Crippen LogP contribution in [0.3, 0.4) is 0 Å². The average molecular weight is 567 g/mol. The molecule has 2 aromatic carbocycles. The van der Waals surface area contributed by atoms with E-state index >= 15 is 0 Å². The zero-order valence-electron chi connectivity index (χ0n) is 24.0. The topological polar surface area (TPSA) is 146 Å². The second-order valence-electron chi connectivity index (χ2n) is 11.2. The molecule has 1 fully saturated rings. The molecule has 11 heteroatoms. The van der Waals surface area contributed by atoms with Gasteiger partial charge in [-0.1, -0.05) is 30.3 Å². The van der Waals surface area contributed by atoms with E-state index in [1.807, 2.05) is 36.4 Å². The molecular formula is C30H38N4O7. The summed E-state index contributed by atoms with van der Waals surface area (Å²) >= 11 is 0. The second kappa shape index (κ2) is 12.6. The maximum absolute atomic E-state index is 13.2. The predicted molar refractivity (Wildman–Crippen MR) is 153 cm³/mol. The molecule has 1 aliphatic heterocycles. The van der Waals surface area contributed by atoms with E-state index in [4.69, 9.17) is 19.6 Å². The van der Waals surface area contributed by atoms with Crippen molar-refractivity contribution < 1.29 is 28.3 Å². The standard InChI is InChI=1S/C30H38N4O7/c1-30(2,3)41-29(38)33-14-6-5-7-23(33)27(36)32-22(26(31)35)17-19-8-10-20(11-9-19)21-12-13-25-24(18-21)34(15-16-39-4)28(37)40-25/h8-13,18,22-23H,5-7,14-17H2,1-4H3,(H2,31,35)(H,32,36). The first-order chi connectivity index (χ1) is 19.5. The van der Waals surface area contributed by atoms with Gasteiger partial charge in [0.1, 0.15) is 17.7 Å². The van der Waals surface area contributed by atoms with Crippen LogP contribution in [0.1, 0.15) is 45.6 Å². The smallest absolute Gasteiger partial charge is 0.420 e. The predicted octanol–water partition coefficient (Wildman–Crippen LogP) is 3.21. The number of ether oxygens (including phenoxy) is 2. The number of nitrogens with zero attached hydrogens (tertiary/aromatic N) is 2. The number of likely N-dealkylation sites (tertiary alicyclic amines) is 1. The summed E-state index contributed by atoms with van der Waals surface area (Å²) in [4.78, 5) is 51.9. The van der Waals surface area contributed by atoms with E-state index in [1.165, 1.54) is 9.47 Å². The van der Waals surface area contributed by atoms with E-state index < -0.39 is 41.3 Å². The summed E-state index contributed by atoms with van der Waals surface area (Å²) < 4.78 is 17.5. The van der Waals surface area contributed by atoms with Crippen LogP contribution in [0.25, 0.3) is 22.2 Å². The zero-order valence-corrected chi connectivity index (χ0v) is 24.0. The molecule has 41 heavy (non-hydrogen) atoms. The van der Waals surface area contributed by atoms with Crippen LogP contribution in [0.4, 0.5) is 4.79 Å². The van der Waals surface area contributed by atoms with Gasteiger partial charge >= 0.3 is 11.8 Å². The highest BCUT2D eigenvalue weighted by Gasteiger charge is 2.36. The van der Waals surface area contributed by atoms with E-state index in [0.717, 1.165) is 29.5 Å². The summed E-state index contributed by atoms with van der Waals surface area (Å²) in [7, 11) is 1.57. The van der Waals surface area contributed by atoms with Gasteiger partial charge in [-0.15, -0.1) is 0 Å². The van der Waals surface area contributed by atoms with Crippen LogP contribution < -0.4 is 16.8 Å².